The van der Waals surface area contributed by atoms with Crippen LogP contribution >= 0.6 is 0 Å². The van der Waals surface area contributed by atoms with E-state index in [2.05, 4.69) is 23.8 Å². The Kier molecular flexibility index (Phi) is 4.16. The molecule has 1 aromatic heterocycles. The summed E-state index contributed by atoms with van der Waals surface area (Å²) in [5.41, 5.74) is 6.11. The average molecular weight is 195 g/mol. The van der Waals surface area contributed by atoms with Crippen LogP contribution in [0.1, 0.15) is 26.7 Å². The van der Waals surface area contributed by atoms with E-state index in [1.165, 1.54) is 6.33 Å². The van der Waals surface area contributed by atoms with Crippen LogP contribution in [0.4, 0.5) is 5.69 Å². The first-order valence-electron chi connectivity index (χ1n) is 4.88. The summed E-state index contributed by atoms with van der Waals surface area (Å²) in [6.45, 7) is 5.05. The van der Waals surface area contributed by atoms with E-state index in [0.29, 0.717) is 24.1 Å². The van der Waals surface area contributed by atoms with Gasteiger partial charge in [0.15, 0.2) is 0 Å². The standard InChI is InChI=1S/C10H17N3O/c1-8(2)4-3-5-14-10-9(11)6-12-7-13-10/h6-8H,3-5,11H2,1-2H3. The Hall–Kier alpha value is -1.32. The molecule has 4 heteroatoms. The van der Waals surface area contributed by atoms with E-state index in [0.717, 1.165) is 12.8 Å². The number of nitrogens with zero attached hydrogens (tertiary/aromatic N) is 2. The second-order valence-electron chi connectivity index (χ2n) is 3.67. The van der Waals surface area contributed by atoms with Crippen LogP contribution in [0.5, 0.6) is 5.88 Å². The maximum atomic E-state index is 5.61. The summed E-state index contributed by atoms with van der Waals surface area (Å²) in [5, 5.41) is 0. The Morgan fingerprint density at radius 2 is 2.29 bits per heavy atom. The van der Waals surface area contributed by atoms with Crippen LogP contribution in [0.3, 0.4) is 0 Å². The molecule has 0 saturated carbocycles. The predicted molar refractivity (Wildman–Crippen MR) is 56.0 cm³/mol. The Morgan fingerprint density at radius 1 is 1.50 bits per heavy atom. The Morgan fingerprint density at radius 3 is 2.93 bits per heavy atom. The fourth-order valence-corrected chi connectivity index (χ4v) is 1.11. The molecule has 0 radical (unpaired) electrons. The van der Waals surface area contributed by atoms with Gasteiger partial charge in [0.2, 0.25) is 5.88 Å². The number of rotatable bonds is 5. The average Bonchev–Trinajstić information content (AvgIpc) is 2.15. The highest BCUT2D eigenvalue weighted by Gasteiger charge is 2.00. The minimum atomic E-state index is 0.490. The monoisotopic (exact) mass is 195 g/mol. The van der Waals surface area contributed by atoms with Crippen LogP contribution in [0.2, 0.25) is 0 Å². The van der Waals surface area contributed by atoms with Crippen LogP contribution in [0, 0.1) is 5.92 Å². The van der Waals surface area contributed by atoms with Crippen molar-refractivity contribution in [3.63, 3.8) is 0 Å². The fraction of sp³-hybridized carbons (Fsp3) is 0.600. The van der Waals surface area contributed by atoms with Crippen molar-refractivity contribution in [1.29, 1.82) is 0 Å². The number of anilines is 1. The summed E-state index contributed by atoms with van der Waals surface area (Å²) in [6, 6.07) is 0. The third-order valence-electron chi connectivity index (χ3n) is 1.87. The lowest BCUT2D eigenvalue weighted by molar-refractivity contribution is 0.288. The Labute approximate surface area is 84.5 Å². The zero-order valence-electron chi connectivity index (χ0n) is 8.73. The molecule has 0 saturated heterocycles. The molecule has 1 rings (SSSR count). The van der Waals surface area contributed by atoms with Crippen molar-refractivity contribution in [2.45, 2.75) is 26.7 Å². The topological polar surface area (TPSA) is 61.0 Å². The van der Waals surface area contributed by atoms with Crippen molar-refractivity contribution in [2.75, 3.05) is 12.3 Å². The number of nitrogens with two attached hydrogens (primary N) is 1. The lowest BCUT2D eigenvalue weighted by Gasteiger charge is -2.07. The molecule has 0 amide bonds. The lowest BCUT2D eigenvalue weighted by Crippen LogP contribution is -2.03. The second-order valence-corrected chi connectivity index (χ2v) is 3.67. The predicted octanol–water partition coefficient (Wildman–Crippen LogP) is 1.87. The maximum Gasteiger partial charge on any atom is 0.240 e. The first kappa shape index (κ1) is 10.8. The zero-order valence-corrected chi connectivity index (χ0v) is 8.73. The number of nitrogen functional groups attached to an aromatic ring is 1. The first-order valence-corrected chi connectivity index (χ1v) is 4.88. The van der Waals surface area contributed by atoms with Crippen LogP contribution in [-0.2, 0) is 0 Å². The van der Waals surface area contributed by atoms with Crippen molar-refractivity contribution in [2.24, 2.45) is 5.92 Å². The molecule has 0 aliphatic rings. The minimum Gasteiger partial charge on any atom is -0.476 e. The van der Waals surface area contributed by atoms with Gasteiger partial charge in [0.1, 0.15) is 12.0 Å². The molecule has 0 bridgehead atoms. The van der Waals surface area contributed by atoms with Gasteiger partial charge in [-0.15, -0.1) is 0 Å². The highest BCUT2D eigenvalue weighted by atomic mass is 16.5. The minimum absolute atomic E-state index is 0.490. The van der Waals surface area contributed by atoms with Crippen molar-refractivity contribution >= 4 is 5.69 Å². The van der Waals surface area contributed by atoms with Gasteiger partial charge in [-0.2, -0.15) is 0 Å². The van der Waals surface area contributed by atoms with Gasteiger partial charge >= 0.3 is 0 Å². The van der Waals surface area contributed by atoms with Crippen molar-refractivity contribution in [3.8, 4) is 5.88 Å². The van der Waals surface area contributed by atoms with Crippen LogP contribution in [0.15, 0.2) is 12.5 Å². The summed E-state index contributed by atoms with van der Waals surface area (Å²) in [4.78, 5) is 7.72. The molecule has 78 valence electrons. The van der Waals surface area contributed by atoms with Crippen molar-refractivity contribution in [3.05, 3.63) is 12.5 Å². The van der Waals surface area contributed by atoms with Crippen LogP contribution in [0.25, 0.3) is 0 Å². The van der Waals surface area contributed by atoms with Gasteiger partial charge in [-0.05, 0) is 18.8 Å². The molecule has 0 aromatic carbocycles. The van der Waals surface area contributed by atoms with E-state index in [1.54, 1.807) is 6.20 Å². The molecule has 4 nitrogen and oxygen atoms in total. The van der Waals surface area contributed by atoms with Crippen molar-refractivity contribution < 1.29 is 4.74 Å². The van der Waals surface area contributed by atoms with E-state index in [9.17, 15) is 0 Å². The van der Waals surface area contributed by atoms with Gasteiger partial charge in [-0.25, -0.2) is 9.97 Å². The molecule has 14 heavy (non-hydrogen) atoms. The molecular formula is C10H17N3O. The van der Waals surface area contributed by atoms with Crippen molar-refractivity contribution in [1.82, 2.24) is 9.97 Å². The SMILES string of the molecule is CC(C)CCCOc1ncncc1N. The summed E-state index contributed by atoms with van der Waals surface area (Å²) < 4.78 is 5.41. The van der Waals surface area contributed by atoms with E-state index in [4.69, 9.17) is 10.5 Å². The fourth-order valence-electron chi connectivity index (χ4n) is 1.11. The summed E-state index contributed by atoms with van der Waals surface area (Å²) in [6.07, 6.45) is 5.17. The molecule has 0 aliphatic heterocycles. The van der Waals surface area contributed by atoms with Gasteiger partial charge in [0.25, 0.3) is 0 Å². The lowest BCUT2D eigenvalue weighted by atomic mass is 10.1. The van der Waals surface area contributed by atoms with E-state index < -0.39 is 0 Å². The largest absolute Gasteiger partial charge is 0.476 e. The molecule has 0 unspecified atom stereocenters. The third kappa shape index (κ3) is 3.60. The van der Waals surface area contributed by atoms with Gasteiger partial charge in [0.05, 0.1) is 12.8 Å². The summed E-state index contributed by atoms with van der Waals surface area (Å²) >= 11 is 0. The molecule has 1 heterocycles. The smallest absolute Gasteiger partial charge is 0.240 e. The molecular weight excluding hydrogens is 178 g/mol. The van der Waals surface area contributed by atoms with Gasteiger partial charge in [-0.3, -0.25) is 0 Å². The number of ether oxygens (including phenoxy) is 1. The first-order chi connectivity index (χ1) is 6.70. The highest BCUT2D eigenvalue weighted by Crippen LogP contribution is 2.15. The normalized spacial score (nSPS) is 10.5. The second kappa shape index (κ2) is 5.42. The zero-order chi connectivity index (χ0) is 10.4. The molecule has 0 fully saturated rings. The van der Waals surface area contributed by atoms with Gasteiger partial charge in [0, 0.05) is 0 Å². The van der Waals surface area contributed by atoms with Gasteiger partial charge < -0.3 is 10.5 Å². The van der Waals surface area contributed by atoms with E-state index >= 15 is 0 Å². The summed E-state index contributed by atoms with van der Waals surface area (Å²) in [5.74, 6) is 1.20. The van der Waals surface area contributed by atoms with E-state index in [1.807, 2.05) is 0 Å². The highest BCUT2D eigenvalue weighted by molar-refractivity contribution is 5.44. The number of hydrogen-bond donors (Lipinski definition) is 1. The third-order valence-corrected chi connectivity index (χ3v) is 1.87. The summed E-state index contributed by atoms with van der Waals surface area (Å²) in [7, 11) is 0. The van der Waals surface area contributed by atoms with Crippen LogP contribution in [-0.4, -0.2) is 16.6 Å². The number of hydrogen-bond acceptors (Lipinski definition) is 4. The Balaban J connectivity index is 2.28. The molecule has 0 spiro atoms. The molecule has 0 atom stereocenters. The van der Waals surface area contributed by atoms with Gasteiger partial charge in [-0.1, -0.05) is 13.8 Å². The molecule has 1 aromatic rings. The Bertz CT molecular complexity index is 276. The van der Waals surface area contributed by atoms with Crippen LogP contribution < -0.4 is 10.5 Å². The molecule has 0 aliphatic carbocycles. The van der Waals surface area contributed by atoms with E-state index in [-0.39, 0.29) is 0 Å². The number of aromatic nitrogens is 2. The maximum absolute atomic E-state index is 5.61. The quantitative estimate of drug-likeness (QED) is 0.729. The molecule has 2 N–H and O–H groups in total.